The quantitative estimate of drug-likeness (QED) is 0.432. The van der Waals surface area contributed by atoms with Gasteiger partial charge in [0.25, 0.3) is 0 Å². The van der Waals surface area contributed by atoms with Crippen LogP contribution in [0.3, 0.4) is 0 Å². The zero-order chi connectivity index (χ0) is 23.4. The summed E-state index contributed by atoms with van der Waals surface area (Å²) in [5.74, 6) is 2.93. The number of carbonyl (C=O) groups is 1. The first-order valence-electron chi connectivity index (χ1n) is 10.3. The highest BCUT2D eigenvalue weighted by atomic mass is 16.5. The molecule has 0 aliphatic heterocycles. The molecule has 2 amide bonds. The maximum Gasteiger partial charge on any atom is 0.323 e. The Kier molecular flexibility index (Phi) is 6.21. The van der Waals surface area contributed by atoms with Gasteiger partial charge in [-0.05, 0) is 57.2 Å². The van der Waals surface area contributed by atoms with Crippen molar-refractivity contribution < 1.29 is 14.3 Å². The molecule has 2 N–H and O–H groups in total. The molecule has 0 radical (unpaired) electrons. The number of methoxy groups -OCH3 is 1. The van der Waals surface area contributed by atoms with E-state index >= 15 is 0 Å². The van der Waals surface area contributed by atoms with Crippen molar-refractivity contribution in [1.29, 1.82) is 0 Å². The van der Waals surface area contributed by atoms with Gasteiger partial charge in [-0.25, -0.2) is 14.8 Å². The molecule has 168 valence electrons. The van der Waals surface area contributed by atoms with Gasteiger partial charge in [0.15, 0.2) is 0 Å². The van der Waals surface area contributed by atoms with Crippen LogP contribution in [0.1, 0.15) is 17.2 Å². The third kappa shape index (κ3) is 5.27. The molecule has 2 heterocycles. The number of anilines is 2. The van der Waals surface area contributed by atoms with Gasteiger partial charge in [0.1, 0.15) is 29.5 Å². The zero-order valence-electron chi connectivity index (χ0n) is 18.8. The zero-order valence-corrected chi connectivity index (χ0v) is 18.8. The molecule has 0 atom stereocenters. The molecule has 9 heteroatoms. The summed E-state index contributed by atoms with van der Waals surface area (Å²) < 4.78 is 13.0. The van der Waals surface area contributed by atoms with Gasteiger partial charge in [-0.15, -0.1) is 0 Å². The van der Waals surface area contributed by atoms with E-state index in [1.54, 1.807) is 62.0 Å². The van der Waals surface area contributed by atoms with Gasteiger partial charge in [0.2, 0.25) is 5.88 Å². The molecule has 4 rings (SSSR count). The first-order valence-corrected chi connectivity index (χ1v) is 10.3. The summed E-state index contributed by atoms with van der Waals surface area (Å²) in [6.45, 7) is 5.74. The number of imidazole rings is 1. The average Bonchev–Trinajstić information content (AvgIpc) is 3.13. The van der Waals surface area contributed by atoms with Crippen LogP contribution in [0.4, 0.5) is 16.2 Å². The highest BCUT2D eigenvalue weighted by Gasteiger charge is 2.10. The van der Waals surface area contributed by atoms with Gasteiger partial charge >= 0.3 is 6.03 Å². The Labute approximate surface area is 191 Å². The fourth-order valence-electron chi connectivity index (χ4n) is 3.15. The van der Waals surface area contributed by atoms with Gasteiger partial charge in [-0.2, -0.15) is 4.98 Å². The van der Waals surface area contributed by atoms with Crippen LogP contribution in [0, 0.1) is 20.8 Å². The Morgan fingerprint density at radius 3 is 2.36 bits per heavy atom. The van der Waals surface area contributed by atoms with Crippen LogP contribution in [0.15, 0.2) is 60.9 Å². The number of benzene rings is 2. The summed E-state index contributed by atoms with van der Waals surface area (Å²) in [6.07, 6.45) is 1.73. The number of nitrogens with zero attached hydrogens (tertiary/aromatic N) is 4. The molecule has 2 aromatic heterocycles. The fraction of sp³-hybridized carbons (Fsp3) is 0.167. The monoisotopic (exact) mass is 444 g/mol. The topological polar surface area (TPSA) is 103 Å². The number of hydrogen-bond donors (Lipinski definition) is 2. The molecule has 0 spiro atoms. The van der Waals surface area contributed by atoms with Crippen molar-refractivity contribution in [1.82, 2.24) is 19.5 Å². The highest BCUT2D eigenvalue weighted by molar-refractivity contribution is 5.99. The molecule has 0 aliphatic carbocycles. The van der Waals surface area contributed by atoms with Crippen molar-refractivity contribution in [3.8, 4) is 23.2 Å². The van der Waals surface area contributed by atoms with Gasteiger partial charge < -0.3 is 20.1 Å². The first kappa shape index (κ1) is 21.8. The number of aromatic nitrogens is 4. The number of aryl methyl sites for hydroxylation is 2. The van der Waals surface area contributed by atoms with Crippen LogP contribution < -0.4 is 20.1 Å². The van der Waals surface area contributed by atoms with Crippen molar-refractivity contribution in [3.63, 3.8) is 0 Å². The van der Waals surface area contributed by atoms with Crippen molar-refractivity contribution in [2.24, 2.45) is 0 Å². The van der Waals surface area contributed by atoms with Crippen molar-refractivity contribution in [2.45, 2.75) is 20.8 Å². The fourth-order valence-corrected chi connectivity index (χ4v) is 3.15. The predicted octanol–water partition coefficient (Wildman–Crippen LogP) is 5.03. The molecule has 0 bridgehead atoms. The van der Waals surface area contributed by atoms with Crippen molar-refractivity contribution in [2.75, 3.05) is 17.7 Å². The Bertz CT molecular complexity index is 1280. The molecule has 4 aromatic rings. The largest absolute Gasteiger partial charge is 0.497 e. The second-order valence-corrected chi connectivity index (χ2v) is 7.33. The number of rotatable bonds is 6. The number of nitrogens with one attached hydrogen (secondary N) is 2. The molecular weight excluding hydrogens is 420 g/mol. The summed E-state index contributed by atoms with van der Waals surface area (Å²) in [5.41, 5.74) is 3.19. The normalized spacial score (nSPS) is 10.5. The van der Waals surface area contributed by atoms with Gasteiger partial charge in [-0.3, -0.25) is 4.57 Å². The number of ether oxygens (including phenoxy) is 2. The Hall–Kier alpha value is -4.40. The average molecular weight is 444 g/mol. The number of hydrogen-bond acceptors (Lipinski definition) is 6. The summed E-state index contributed by atoms with van der Waals surface area (Å²) in [6, 6.07) is 15.5. The molecule has 0 unspecified atom stereocenters. The van der Waals surface area contributed by atoms with E-state index in [0.717, 1.165) is 11.4 Å². The number of carbonyl (C=O) groups excluding carboxylic acids is 1. The van der Waals surface area contributed by atoms with Crippen LogP contribution in [-0.4, -0.2) is 32.7 Å². The lowest BCUT2D eigenvalue weighted by Crippen LogP contribution is -2.19. The lowest BCUT2D eigenvalue weighted by Gasteiger charge is -2.11. The second kappa shape index (κ2) is 9.39. The molecule has 0 aliphatic rings. The summed E-state index contributed by atoms with van der Waals surface area (Å²) >= 11 is 0. The predicted molar refractivity (Wildman–Crippen MR) is 126 cm³/mol. The van der Waals surface area contributed by atoms with Gasteiger partial charge in [-0.1, -0.05) is 6.07 Å². The van der Waals surface area contributed by atoms with Gasteiger partial charge in [0.05, 0.1) is 12.8 Å². The summed E-state index contributed by atoms with van der Waals surface area (Å²) in [7, 11) is 1.58. The van der Waals surface area contributed by atoms with Crippen LogP contribution in [0.25, 0.3) is 5.82 Å². The number of amides is 2. The van der Waals surface area contributed by atoms with E-state index < -0.39 is 0 Å². The van der Waals surface area contributed by atoms with E-state index in [9.17, 15) is 4.79 Å². The molecule has 33 heavy (non-hydrogen) atoms. The van der Waals surface area contributed by atoms with Crippen molar-refractivity contribution in [3.05, 3.63) is 78.1 Å². The molecule has 0 saturated carbocycles. The lowest BCUT2D eigenvalue weighted by molar-refractivity contribution is 0.262. The van der Waals surface area contributed by atoms with E-state index in [4.69, 9.17) is 9.47 Å². The van der Waals surface area contributed by atoms with E-state index in [0.29, 0.717) is 40.4 Å². The van der Waals surface area contributed by atoms with E-state index in [1.165, 1.54) is 0 Å². The van der Waals surface area contributed by atoms with Crippen molar-refractivity contribution >= 4 is 17.4 Å². The molecule has 2 aromatic carbocycles. The Morgan fingerprint density at radius 1 is 0.909 bits per heavy atom. The Morgan fingerprint density at radius 2 is 1.67 bits per heavy atom. The SMILES string of the molecule is COc1cccc(NC(=O)Nc2ccc(Oc3cc(-n4cnc(C)c4C)nc(C)n3)cc2)c1. The minimum Gasteiger partial charge on any atom is -0.497 e. The minimum atomic E-state index is -0.362. The summed E-state index contributed by atoms with van der Waals surface area (Å²) in [5, 5.41) is 5.55. The maximum atomic E-state index is 12.3. The minimum absolute atomic E-state index is 0.362. The van der Waals surface area contributed by atoms with Crippen LogP contribution in [0.5, 0.6) is 17.4 Å². The van der Waals surface area contributed by atoms with Crippen LogP contribution in [-0.2, 0) is 0 Å². The third-order valence-electron chi connectivity index (χ3n) is 4.96. The molecular formula is C24H24N6O3. The molecule has 0 saturated heterocycles. The van der Waals surface area contributed by atoms with E-state index in [2.05, 4.69) is 25.6 Å². The van der Waals surface area contributed by atoms with E-state index in [1.807, 2.05) is 31.4 Å². The smallest absolute Gasteiger partial charge is 0.323 e. The number of urea groups is 1. The molecule has 9 nitrogen and oxygen atoms in total. The highest BCUT2D eigenvalue weighted by Crippen LogP contribution is 2.24. The Balaban J connectivity index is 1.42. The van der Waals surface area contributed by atoms with Crippen LogP contribution in [0.2, 0.25) is 0 Å². The molecule has 0 fully saturated rings. The third-order valence-corrected chi connectivity index (χ3v) is 4.96. The standard InChI is InChI=1S/C24H24N6O3/c1-15-16(2)30(14-25-15)22-13-23(27-17(3)26-22)33-20-10-8-18(9-11-20)28-24(31)29-19-6-5-7-21(12-19)32-4/h5-14H,1-4H3,(H2,28,29,31). The van der Waals surface area contributed by atoms with E-state index in [-0.39, 0.29) is 6.03 Å². The van der Waals surface area contributed by atoms with Gasteiger partial charge in [0, 0.05) is 29.2 Å². The second-order valence-electron chi connectivity index (χ2n) is 7.33. The van der Waals surface area contributed by atoms with Crippen LogP contribution >= 0.6 is 0 Å². The maximum absolute atomic E-state index is 12.3. The summed E-state index contributed by atoms with van der Waals surface area (Å²) in [4.78, 5) is 25.4. The lowest BCUT2D eigenvalue weighted by atomic mass is 10.3. The first-order chi connectivity index (χ1) is 15.9.